The predicted octanol–water partition coefficient (Wildman–Crippen LogP) is 3.21. The van der Waals surface area contributed by atoms with Gasteiger partial charge >= 0.3 is 0 Å². The fraction of sp³-hybridized carbons (Fsp3) is 0.387. The Kier molecular flexibility index (Phi) is 7.86. The summed E-state index contributed by atoms with van der Waals surface area (Å²) in [6.45, 7) is 2.17. The first kappa shape index (κ1) is 31.3. The van der Waals surface area contributed by atoms with E-state index in [4.69, 9.17) is 9.72 Å². The van der Waals surface area contributed by atoms with Crippen molar-refractivity contribution in [3.63, 3.8) is 0 Å². The summed E-state index contributed by atoms with van der Waals surface area (Å²) in [5.41, 5.74) is 5.42. The molecule has 0 aliphatic heterocycles. The highest BCUT2D eigenvalue weighted by atomic mass is 32.2. The van der Waals surface area contributed by atoms with Crippen LogP contribution in [0.15, 0.2) is 59.6 Å². The number of sulfone groups is 1. The van der Waals surface area contributed by atoms with Gasteiger partial charge in [-0.05, 0) is 49.4 Å². The van der Waals surface area contributed by atoms with Gasteiger partial charge in [0.1, 0.15) is 5.75 Å². The van der Waals surface area contributed by atoms with Crippen molar-refractivity contribution in [3.8, 4) is 17.0 Å². The molecule has 6 rings (SSSR count). The lowest BCUT2D eigenvalue weighted by atomic mass is 9.41. The monoisotopic (exact) mass is 629 g/mol. The van der Waals surface area contributed by atoms with Crippen LogP contribution in [0, 0.1) is 5.92 Å². The SMILES string of the molecule is BC(B)(B)c1nnn(C)c1-c1cnc2c3c(OCC)cc(S(C)(=O)=O)cc3n(C(c3ccccc3)C3CCC(F)(F)CC3)c2c1. The minimum Gasteiger partial charge on any atom is -0.493 e. The molecule has 1 atom stereocenters. The molecule has 1 aliphatic carbocycles. The maximum atomic E-state index is 14.5. The van der Waals surface area contributed by atoms with Crippen molar-refractivity contribution in [1.82, 2.24) is 24.5 Å². The van der Waals surface area contributed by atoms with Crippen LogP contribution in [0.25, 0.3) is 33.2 Å². The number of fused-ring (bicyclic) bond motifs is 3. The first-order valence-electron chi connectivity index (χ1n) is 15.3. The minimum atomic E-state index is -3.62. The molecular weight excluding hydrogens is 593 g/mol. The van der Waals surface area contributed by atoms with E-state index in [9.17, 15) is 17.2 Å². The lowest BCUT2D eigenvalue weighted by Gasteiger charge is -2.35. The highest BCUT2D eigenvalue weighted by Crippen LogP contribution is 2.47. The Morgan fingerprint density at radius 3 is 2.40 bits per heavy atom. The third kappa shape index (κ3) is 5.77. The number of ether oxygens (including phenoxy) is 1. The molecule has 1 unspecified atom stereocenters. The molecule has 0 N–H and O–H groups in total. The van der Waals surface area contributed by atoms with Crippen molar-refractivity contribution in [3.05, 3.63) is 66.0 Å². The van der Waals surface area contributed by atoms with Crippen LogP contribution >= 0.6 is 0 Å². The smallest absolute Gasteiger partial charge is 0.248 e. The largest absolute Gasteiger partial charge is 0.493 e. The Morgan fingerprint density at radius 1 is 1.09 bits per heavy atom. The molecule has 0 radical (unpaired) electrons. The fourth-order valence-corrected chi connectivity index (χ4v) is 7.37. The lowest BCUT2D eigenvalue weighted by molar-refractivity contribution is -0.0493. The van der Waals surface area contributed by atoms with Crippen LogP contribution < -0.4 is 4.74 Å². The van der Waals surface area contributed by atoms with E-state index < -0.39 is 15.8 Å². The van der Waals surface area contributed by atoms with Gasteiger partial charge in [0.2, 0.25) is 5.92 Å². The second kappa shape index (κ2) is 11.3. The minimum absolute atomic E-state index is 0.121. The zero-order chi connectivity index (χ0) is 32.3. The first-order valence-corrected chi connectivity index (χ1v) is 17.2. The number of benzene rings is 2. The van der Waals surface area contributed by atoms with Crippen LogP contribution in [0.1, 0.15) is 49.9 Å². The van der Waals surface area contributed by atoms with Crippen LogP contribution in [0.3, 0.4) is 0 Å². The van der Waals surface area contributed by atoms with E-state index in [1.165, 1.54) is 6.26 Å². The van der Waals surface area contributed by atoms with E-state index >= 15 is 0 Å². The van der Waals surface area contributed by atoms with Crippen molar-refractivity contribution >= 4 is 55.3 Å². The summed E-state index contributed by atoms with van der Waals surface area (Å²) in [4.78, 5) is 5.11. The molecule has 1 saturated carbocycles. The van der Waals surface area contributed by atoms with Crippen LogP contribution in [0.2, 0.25) is 0 Å². The van der Waals surface area contributed by atoms with E-state index in [1.807, 2.05) is 50.4 Å². The number of aryl methyl sites for hydroxylation is 1. The van der Waals surface area contributed by atoms with E-state index in [1.54, 1.807) is 23.0 Å². The normalized spacial score (nSPS) is 16.7. The van der Waals surface area contributed by atoms with Gasteiger partial charge in [-0.15, -0.1) is 5.10 Å². The zero-order valence-corrected chi connectivity index (χ0v) is 27.3. The van der Waals surface area contributed by atoms with Crippen LogP contribution in [0.5, 0.6) is 5.75 Å². The lowest BCUT2D eigenvalue weighted by Crippen LogP contribution is -2.30. The Balaban J connectivity index is 1.73. The quantitative estimate of drug-likeness (QED) is 0.245. The summed E-state index contributed by atoms with van der Waals surface area (Å²) in [7, 11) is 4.46. The van der Waals surface area contributed by atoms with Crippen molar-refractivity contribution < 1.29 is 21.9 Å². The fourth-order valence-electron chi connectivity index (χ4n) is 6.72. The summed E-state index contributed by atoms with van der Waals surface area (Å²) in [6, 6.07) is 14.8. The molecule has 14 heteroatoms. The topological polar surface area (TPSA) is 91.9 Å². The Hall–Kier alpha value is -3.67. The van der Waals surface area contributed by atoms with Gasteiger partial charge in [-0.2, -0.15) is 0 Å². The average Bonchev–Trinajstić information content (AvgIpc) is 3.52. The standard InChI is InChI=1S/C31H36B3F2N5O3S/c1-4-44-24-16-21(45(3,42)43)15-22-25(24)26-23(14-20(17-37-26)28-29(31(32,33)34)38-39-40(28)2)41(22)27(18-8-6-5-7-9-18)19-10-12-30(35,36)13-11-19/h5-9,14-17,19,27H,4,10-13,32-34H2,1-3H3. The molecule has 232 valence electrons. The Labute approximate surface area is 264 Å². The van der Waals surface area contributed by atoms with Crippen LogP contribution in [-0.2, 0) is 22.0 Å². The average molecular weight is 629 g/mol. The molecule has 0 spiro atoms. The first-order chi connectivity index (χ1) is 21.2. The third-order valence-corrected chi connectivity index (χ3v) is 9.94. The van der Waals surface area contributed by atoms with E-state index in [0.29, 0.717) is 41.6 Å². The second-order valence-corrected chi connectivity index (χ2v) is 15.2. The zero-order valence-electron chi connectivity index (χ0n) is 26.5. The summed E-state index contributed by atoms with van der Waals surface area (Å²) >= 11 is 0. The van der Waals surface area contributed by atoms with Crippen molar-refractivity contribution in [1.29, 1.82) is 0 Å². The van der Waals surface area contributed by atoms with Gasteiger partial charge in [-0.3, -0.25) is 4.98 Å². The highest BCUT2D eigenvalue weighted by molar-refractivity contribution is 7.90. The summed E-state index contributed by atoms with van der Waals surface area (Å²) in [5.74, 6) is -2.41. The molecular formula is C31H36B3F2N5O3S. The number of hydrogen-bond acceptors (Lipinski definition) is 6. The van der Waals surface area contributed by atoms with Crippen molar-refractivity contribution in [2.24, 2.45) is 13.0 Å². The highest BCUT2D eigenvalue weighted by Gasteiger charge is 2.40. The molecule has 1 aliphatic rings. The molecule has 2 aromatic carbocycles. The van der Waals surface area contributed by atoms with Crippen molar-refractivity contribution in [2.45, 2.75) is 54.6 Å². The van der Waals surface area contributed by atoms with Gasteiger partial charge in [0.05, 0.1) is 74.4 Å². The summed E-state index contributed by atoms with van der Waals surface area (Å²) in [5, 5.41) is 9.20. The number of nitrogens with zero attached hydrogens (tertiary/aromatic N) is 5. The van der Waals surface area contributed by atoms with E-state index in [-0.39, 0.29) is 34.8 Å². The summed E-state index contributed by atoms with van der Waals surface area (Å²) in [6.07, 6.45) is 3.22. The number of halogens is 2. The van der Waals surface area contributed by atoms with Gasteiger partial charge < -0.3 is 9.30 Å². The predicted molar refractivity (Wildman–Crippen MR) is 180 cm³/mol. The second-order valence-electron chi connectivity index (χ2n) is 13.2. The van der Waals surface area contributed by atoms with Gasteiger partial charge in [-0.25, -0.2) is 21.9 Å². The number of rotatable bonds is 8. The molecule has 0 bridgehead atoms. The number of hydrogen-bond donors (Lipinski definition) is 0. The maximum Gasteiger partial charge on any atom is 0.248 e. The van der Waals surface area contributed by atoms with Gasteiger partial charge in [-0.1, -0.05) is 40.7 Å². The molecule has 8 nitrogen and oxygen atoms in total. The third-order valence-electron chi connectivity index (χ3n) is 8.84. The van der Waals surface area contributed by atoms with Gasteiger partial charge in [0.15, 0.2) is 9.84 Å². The molecule has 45 heavy (non-hydrogen) atoms. The Morgan fingerprint density at radius 2 is 1.78 bits per heavy atom. The number of aromatic nitrogens is 5. The molecule has 5 aromatic rings. The van der Waals surface area contributed by atoms with Crippen LogP contribution in [-0.4, -0.2) is 75.3 Å². The van der Waals surface area contributed by atoms with Crippen LogP contribution in [0.4, 0.5) is 8.78 Å². The molecule has 3 aromatic heterocycles. The molecule has 0 amide bonds. The van der Waals surface area contributed by atoms with E-state index in [0.717, 1.165) is 28.0 Å². The number of pyridine rings is 1. The molecule has 3 heterocycles. The molecule has 0 saturated heterocycles. The number of alkyl halides is 2. The van der Waals surface area contributed by atoms with E-state index in [2.05, 4.69) is 38.4 Å². The maximum absolute atomic E-state index is 14.5. The van der Waals surface area contributed by atoms with Gasteiger partial charge in [0, 0.05) is 37.9 Å². The summed E-state index contributed by atoms with van der Waals surface area (Å²) < 4.78 is 64.8. The Bertz CT molecular complexity index is 2000. The van der Waals surface area contributed by atoms with Crippen molar-refractivity contribution in [2.75, 3.05) is 12.9 Å². The molecule has 1 fully saturated rings. The van der Waals surface area contributed by atoms with Gasteiger partial charge in [0.25, 0.3) is 0 Å².